The van der Waals surface area contributed by atoms with Crippen molar-refractivity contribution in [1.82, 2.24) is 10.2 Å². The maximum Gasteiger partial charge on any atom is 0.0198 e. The molecule has 11 heavy (non-hydrogen) atoms. The summed E-state index contributed by atoms with van der Waals surface area (Å²) in [6, 6.07) is 1.65. The summed E-state index contributed by atoms with van der Waals surface area (Å²) >= 11 is 0. The molecule has 2 aliphatic heterocycles. The zero-order valence-corrected chi connectivity index (χ0v) is 7.34. The Hall–Kier alpha value is -0.0800. The van der Waals surface area contributed by atoms with Gasteiger partial charge in [0.25, 0.3) is 0 Å². The summed E-state index contributed by atoms with van der Waals surface area (Å²) in [4.78, 5) is 2.57. The molecular formula is C9H18N2. The molecule has 0 saturated carbocycles. The van der Waals surface area contributed by atoms with E-state index in [9.17, 15) is 0 Å². The van der Waals surface area contributed by atoms with Crippen molar-refractivity contribution in [3.05, 3.63) is 0 Å². The van der Waals surface area contributed by atoms with Crippen LogP contribution in [-0.2, 0) is 0 Å². The first-order valence-electron chi connectivity index (χ1n) is 4.87. The van der Waals surface area contributed by atoms with Crippen molar-refractivity contribution in [3.63, 3.8) is 0 Å². The Kier molecular flexibility index (Phi) is 2.14. The van der Waals surface area contributed by atoms with Crippen molar-refractivity contribution in [2.24, 2.45) is 0 Å². The highest BCUT2D eigenvalue weighted by Gasteiger charge is 2.28. The molecule has 2 heterocycles. The Balaban J connectivity index is 1.94. The van der Waals surface area contributed by atoms with Crippen LogP contribution in [0.5, 0.6) is 0 Å². The van der Waals surface area contributed by atoms with Gasteiger partial charge in [-0.25, -0.2) is 0 Å². The van der Waals surface area contributed by atoms with Gasteiger partial charge in [-0.05, 0) is 32.4 Å². The van der Waals surface area contributed by atoms with Crippen LogP contribution >= 0.6 is 0 Å². The van der Waals surface area contributed by atoms with E-state index in [1.54, 1.807) is 0 Å². The summed E-state index contributed by atoms with van der Waals surface area (Å²) in [6.45, 7) is 6.08. The Bertz CT molecular complexity index is 136. The van der Waals surface area contributed by atoms with Gasteiger partial charge in [-0.1, -0.05) is 6.92 Å². The van der Waals surface area contributed by atoms with Crippen LogP contribution < -0.4 is 5.32 Å². The van der Waals surface area contributed by atoms with Crippen LogP contribution in [0.2, 0.25) is 0 Å². The fraction of sp³-hybridized carbons (Fsp3) is 1.00. The maximum atomic E-state index is 3.68. The van der Waals surface area contributed by atoms with Gasteiger partial charge >= 0.3 is 0 Å². The summed E-state index contributed by atoms with van der Waals surface area (Å²) in [7, 11) is 0. The van der Waals surface area contributed by atoms with Crippen LogP contribution in [0.1, 0.15) is 26.2 Å². The third-order valence-electron chi connectivity index (χ3n) is 3.05. The van der Waals surface area contributed by atoms with Gasteiger partial charge in [0.05, 0.1) is 0 Å². The minimum atomic E-state index is 0.808. The standard InChI is InChI=1S/C9H18N2/c1-2-11-6-5-8-3-4-9(7-11)10-8/h8-10H,2-7H2,1H3/t8-,9+/m1/s1. The average Bonchev–Trinajstić information content (AvgIpc) is 2.31. The smallest absolute Gasteiger partial charge is 0.0198 e. The molecule has 2 fully saturated rings. The zero-order valence-electron chi connectivity index (χ0n) is 7.34. The van der Waals surface area contributed by atoms with Crippen LogP contribution in [0.3, 0.4) is 0 Å². The molecule has 0 aromatic carbocycles. The van der Waals surface area contributed by atoms with E-state index in [1.807, 2.05) is 0 Å². The lowest BCUT2D eigenvalue weighted by atomic mass is 10.1. The number of hydrogen-bond acceptors (Lipinski definition) is 2. The van der Waals surface area contributed by atoms with Crippen LogP contribution in [-0.4, -0.2) is 36.6 Å². The summed E-state index contributed by atoms with van der Waals surface area (Å²) in [5.74, 6) is 0. The van der Waals surface area contributed by atoms with Crippen molar-refractivity contribution in [3.8, 4) is 0 Å². The van der Waals surface area contributed by atoms with Crippen molar-refractivity contribution in [2.45, 2.75) is 38.3 Å². The van der Waals surface area contributed by atoms with E-state index in [0.717, 1.165) is 12.1 Å². The predicted molar refractivity (Wildman–Crippen MR) is 46.7 cm³/mol. The second-order valence-corrected chi connectivity index (χ2v) is 3.82. The molecule has 2 atom stereocenters. The molecule has 2 saturated heterocycles. The molecule has 64 valence electrons. The third kappa shape index (κ3) is 1.57. The number of fused-ring (bicyclic) bond motifs is 2. The molecule has 2 bridgehead atoms. The van der Waals surface area contributed by atoms with Crippen LogP contribution in [0, 0.1) is 0 Å². The van der Waals surface area contributed by atoms with Gasteiger partial charge in [-0.15, -0.1) is 0 Å². The maximum absolute atomic E-state index is 3.68. The van der Waals surface area contributed by atoms with Crippen LogP contribution in [0.15, 0.2) is 0 Å². The number of likely N-dealkylation sites (tertiary alicyclic amines) is 1. The molecule has 0 aliphatic carbocycles. The normalized spacial score (nSPS) is 39.0. The Labute approximate surface area is 69.0 Å². The number of rotatable bonds is 1. The summed E-state index contributed by atoms with van der Waals surface area (Å²) < 4.78 is 0. The lowest BCUT2D eigenvalue weighted by Crippen LogP contribution is -2.35. The number of nitrogens with one attached hydrogen (secondary N) is 1. The fourth-order valence-electron chi connectivity index (χ4n) is 2.30. The molecule has 2 nitrogen and oxygen atoms in total. The lowest BCUT2D eigenvalue weighted by molar-refractivity contribution is 0.272. The molecule has 0 amide bonds. The van der Waals surface area contributed by atoms with Crippen molar-refractivity contribution < 1.29 is 0 Å². The van der Waals surface area contributed by atoms with E-state index in [1.165, 1.54) is 38.9 Å². The quantitative estimate of drug-likeness (QED) is 0.602. The molecule has 2 aliphatic rings. The molecule has 1 N–H and O–H groups in total. The van der Waals surface area contributed by atoms with E-state index >= 15 is 0 Å². The second-order valence-electron chi connectivity index (χ2n) is 3.82. The van der Waals surface area contributed by atoms with Gasteiger partial charge < -0.3 is 10.2 Å². The van der Waals surface area contributed by atoms with E-state index in [2.05, 4.69) is 17.1 Å². The van der Waals surface area contributed by atoms with Crippen LogP contribution in [0.25, 0.3) is 0 Å². The van der Waals surface area contributed by atoms with Gasteiger partial charge in [0.2, 0.25) is 0 Å². The minimum Gasteiger partial charge on any atom is -0.310 e. The first kappa shape index (κ1) is 7.56. The minimum absolute atomic E-state index is 0.808. The number of likely N-dealkylation sites (N-methyl/N-ethyl adjacent to an activating group) is 1. The van der Waals surface area contributed by atoms with Gasteiger partial charge in [0.15, 0.2) is 0 Å². The second kappa shape index (κ2) is 3.11. The Morgan fingerprint density at radius 3 is 2.91 bits per heavy atom. The predicted octanol–water partition coefficient (Wildman–Crippen LogP) is 0.833. The molecular weight excluding hydrogens is 136 g/mol. The monoisotopic (exact) mass is 154 g/mol. The molecule has 0 unspecified atom stereocenters. The molecule has 0 aromatic heterocycles. The van der Waals surface area contributed by atoms with Gasteiger partial charge in [0.1, 0.15) is 0 Å². The number of hydrogen-bond donors (Lipinski definition) is 1. The Morgan fingerprint density at radius 1 is 1.27 bits per heavy atom. The number of nitrogens with zero attached hydrogens (tertiary/aromatic N) is 1. The SMILES string of the molecule is CCN1CC[C@H]2CC[C@@H](C1)N2. The summed E-state index contributed by atoms with van der Waals surface area (Å²) in [6.07, 6.45) is 4.19. The highest BCUT2D eigenvalue weighted by molar-refractivity contribution is 4.89. The van der Waals surface area contributed by atoms with E-state index in [0.29, 0.717) is 0 Å². The fourth-order valence-corrected chi connectivity index (χ4v) is 2.30. The first-order chi connectivity index (χ1) is 5.38. The Morgan fingerprint density at radius 2 is 2.09 bits per heavy atom. The topological polar surface area (TPSA) is 15.3 Å². The van der Waals surface area contributed by atoms with Crippen LogP contribution in [0.4, 0.5) is 0 Å². The van der Waals surface area contributed by atoms with Gasteiger partial charge in [0, 0.05) is 18.6 Å². The summed E-state index contributed by atoms with van der Waals surface area (Å²) in [5.41, 5.74) is 0. The lowest BCUT2D eigenvalue weighted by Gasteiger charge is -2.21. The van der Waals surface area contributed by atoms with Gasteiger partial charge in [-0.2, -0.15) is 0 Å². The van der Waals surface area contributed by atoms with Crippen molar-refractivity contribution in [1.29, 1.82) is 0 Å². The largest absolute Gasteiger partial charge is 0.310 e. The highest BCUT2D eigenvalue weighted by atomic mass is 15.2. The van der Waals surface area contributed by atoms with Gasteiger partial charge in [-0.3, -0.25) is 0 Å². The molecule has 0 radical (unpaired) electrons. The molecule has 2 heteroatoms. The van der Waals surface area contributed by atoms with Crippen molar-refractivity contribution in [2.75, 3.05) is 19.6 Å². The summed E-state index contributed by atoms with van der Waals surface area (Å²) in [5, 5.41) is 3.68. The van der Waals surface area contributed by atoms with E-state index < -0.39 is 0 Å². The van der Waals surface area contributed by atoms with E-state index in [4.69, 9.17) is 0 Å². The highest BCUT2D eigenvalue weighted by Crippen LogP contribution is 2.19. The third-order valence-corrected chi connectivity index (χ3v) is 3.05. The molecule has 0 aromatic rings. The van der Waals surface area contributed by atoms with Crippen molar-refractivity contribution >= 4 is 0 Å². The molecule has 0 spiro atoms. The average molecular weight is 154 g/mol. The molecule has 2 rings (SSSR count). The van der Waals surface area contributed by atoms with E-state index in [-0.39, 0.29) is 0 Å². The zero-order chi connectivity index (χ0) is 7.68. The first-order valence-corrected chi connectivity index (χ1v) is 4.87.